The summed E-state index contributed by atoms with van der Waals surface area (Å²) in [5, 5.41) is 42.9. The van der Waals surface area contributed by atoms with Crippen molar-refractivity contribution in [2.75, 3.05) is 43.4 Å². The van der Waals surface area contributed by atoms with Crippen LogP contribution in [-0.2, 0) is 17.6 Å². The molecule has 1 aromatic carbocycles. The lowest BCUT2D eigenvalue weighted by atomic mass is 10.1. The number of nitrogens with zero attached hydrogens (tertiary/aromatic N) is 6. The maximum Gasteiger partial charge on any atom is 0.226 e. The Morgan fingerprint density at radius 3 is 2.63 bits per heavy atom. The van der Waals surface area contributed by atoms with Crippen LogP contribution in [0, 0.1) is 0 Å². The van der Waals surface area contributed by atoms with Crippen LogP contribution in [0.2, 0.25) is 0 Å². The predicted octanol–water partition coefficient (Wildman–Crippen LogP) is 2.28. The van der Waals surface area contributed by atoms with Gasteiger partial charge in [0.2, 0.25) is 5.95 Å². The van der Waals surface area contributed by atoms with Gasteiger partial charge in [-0.2, -0.15) is 9.97 Å². The van der Waals surface area contributed by atoms with E-state index in [0.717, 1.165) is 30.9 Å². The van der Waals surface area contributed by atoms with E-state index in [0.29, 0.717) is 48.1 Å². The number of benzene rings is 1. The van der Waals surface area contributed by atoms with E-state index in [4.69, 9.17) is 19.2 Å². The average Bonchev–Trinajstić information content (AvgIpc) is 3.76. The second-order valence-corrected chi connectivity index (χ2v) is 11.3. The smallest absolute Gasteiger partial charge is 0.226 e. The maximum absolute atomic E-state index is 11.1. The third-order valence-electron chi connectivity index (χ3n) is 8.20. The Morgan fingerprint density at radius 2 is 1.88 bits per heavy atom. The van der Waals surface area contributed by atoms with Crippen molar-refractivity contribution in [1.82, 2.24) is 29.6 Å². The van der Waals surface area contributed by atoms with Gasteiger partial charge < -0.3 is 40.1 Å². The molecule has 5 heterocycles. The molecule has 0 unspecified atom stereocenters. The molecule has 0 bridgehead atoms. The molecule has 5 N–H and O–H groups in total. The van der Waals surface area contributed by atoms with Crippen molar-refractivity contribution in [3.05, 3.63) is 59.7 Å². The van der Waals surface area contributed by atoms with Crippen LogP contribution >= 0.6 is 0 Å². The molecular formula is C30H40N8O5. The number of aliphatic hydroxyl groups is 3. The van der Waals surface area contributed by atoms with Crippen molar-refractivity contribution in [3.63, 3.8) is 0 Å². The summed E-state index contributed by atoms with van der Waals surface area (Å²) in [4.78, 5) is 16.5. The number of ether oxygens (including phenoxy) is 1. The van der Waals surface area contributed by atoms with Crippen molar-refractivity contribution in [2.45, 2.75) is 69.6 Å². The van der Waals surface area contributed by atoms with E-state index in [9.17, 15) is 15.3 Å². The Labute approximate surface area is 249 Å². The zero-order valence-corrected chi connectivity index (χ0v) is 24.3. The summed E-state index contributed by atoms with van der Waals surface area (Å²) in [6.45, 7) is 5.53. The summed E-state index contributed by atoms with van der Waals surface area (Å²) in [5.41, 5.74) is 2.67. The van der Waals surface area contributed by atoms with Gasteiger partial charge in [0.05, 0.1) is 24.7 Å². The molecule has 0 aliphatic carbocycles. The largest absolute Gasteiger partial charge is 0.394 e. The molecule has 13 nitrogen and oxygen atoms in total. The standard InChI is InChI=1S/C30H40N8O5/c1-2-20-16-22(43-36-20)26-24(40)25(41)29(42-26)38-18-32-23-27(33-21(17-39)15-19-9-5-3-6-10-19)34-30(35-28(23)38)31-11-14-37-12-7-4-8-13-37/h3,5-6,9-10,16,18,21,24-26,29,39-41H,2,4,7-8,11-15,17H2,1H3,(H2,31,33,34,35)/t21-,24-,25+,26+,29+/m0/s1. The van der Waals surface area contributed by atoms with Gasteiger partial charge in [0.15, 0.2) is 29.0 Å². The number of hydrogen-bond donors (Lipinski definition) is 5. The third-order valence-corrected chi connectivity index (χ3v) is 8.20. The average molecular weight is 593 g/mol. The second-order valence-electron chi connectivity index (χ2n) is 11.3. The number of anilines is 2. The van der Waals surface area contributed by atoms with E-state index >= 15 is 0 Å². The number of aromatic nitrogens is 5. The van der Waals surface area contributed by atoms with Crippen LogP contribution in [0.5, 0.6) is 0 Å². The number of imidazole rings is 1. The molecule has 0 radical (unpaired) electrons. The first-order chi connectivity index (χ1) is 21.0. The van der Waals surface area contributed by atoms with Crippen molar-refractivity contribution in [1.29, 1.82) is 0 Å². The first-order valence-corrected chi connectivity index (χ1v) is 15.1. The minimum atomic E-state index is -1.28. The molecule has 4 aromatic rings. The van der Waals surface area contributed by atoms with Crippen LogP contribution in [0.15, 0.2) is 47.2 Å². The van der Waals surface area contributed by atoms with Gasteiger partial charge in [0.25, 0.3) is 0 Å². The highest BCUT2D eigenvalue weighted by Crippen LogP contribution is 2.40. The van der Waals surface area contributed by atoms with Gasteiger partial charge in [0, 0.05) is 19.2 Å². The number of likely N-dealkylation sites (tertiary alicyclic amines) is 1. The highest BCUT2D eigenvalue weighted by molar-refractivity contribution is 5.84. The summed E-state index contributed by atoms with van der Waals surface area (Å²) in [7, 11) is 0. The molecule has 2 aliphatic rings. The van der Waals surface area contributed by atoms with Crippen LogP contribution in [0.3, 0.4) is 0 Å². The van der Waals surface area contributed by atoms with E-state index in [1.165, 1.54) is 25.6 Å². The number of aryl methyl sites for hydroxylation is 1. The summed E-state index contributed by atoms with van der Waals surface area (Å²) in [6.07, 6.45) is 2.06. The number of rotatable bonds is 12. The fourth-order valence-electron chi connectivity index (χ4n) is 5.80. The lowest BCUT2D eigenvalue weighted by Gasteiger charge is -2.26. The van der Waals surface area contributed by atoms with Gasteiger partial charge in [-0.15, -0.1) is 0 Å². The van der Waals surface area contributed by atoms with Crippen LogP contribution < -0.4 is 10.6 Å². The molecule has 13 heteroatoms. The lowest BCUT2D eigenvalue weighted by molar-refractivity contribution is -0.0434. The van der Waals surface area contributed by atoms with Gasteiger partial charge in [-0.1, -0.05) is 48.8 Å². The number of aliphatic hydroxyl groups excluding tert-OH is 3. The molecule has 0 saturated carbocycles. The third kappa shape index (κ3) is 6.50. The van der Waals surface area contributed by atoms with Gasteiger partial charge in [-0.25, -0.2) is 4.98 Å². The molecular weight excluding hydrogens is 552 g/mol. The molecule has 43 heavy (non-hydrogen) atoms. The van der Waals surface area contributed by atoms with Crippen LogP contribution in [0.1, 0.15) is 55.5 Å². The molecule has 3 aromatic heterocycles. The number of nitrogens with one attached hydrogen (secondary N) is 2. The summed E-state index contributed by atoms with van der Waals surface area (Å²) in [5.74, 6) is 1.18. The van der Waals surface area contributed by atoms with Crippen LogP contribution in [0.25, 0.3) is 11.2 Å². The first-order valence-electron chi connectivity index (χ1n) is 15.1. The van der Waals surface area contributed by atoms with Gasteiger partial charge >= 0.3 is 0 Å². The van der Waals surface area contributed by atoms with E-state index in [2.05, 4.69) is 25.7 Å². The minimum absolute atomic E-state index is 0.117. The van der Waals surface area contributed by atoms with Gasteiger partial charge in [0.1, 0.15) is 18.3 Å². The topological polar surface area (TPSA) is 167 Å². The van der Waals surface area contributed by atoms with E-state index in [1.54, 1.807) is 10.6 Å². The Morgan fingerprint density at radius 1 is 1.07 bits per heavy atom. The Balaban J connectivity index is 1.29. The molecule has 230 valence electrons. The Kier molecular flexibility index (Phi) is 9.14. The normalized spacial score (nSPS) is 23.5. The van der Waals surface area contributed by atoms with Crippen molar-refractivity contribution >= 4 is 22.9 Å². The molecule has 2 fully saturated rings. The van der Waals surface area contributed by atoms with Crippen LogP contribution in [0.4, 0.5) is 11.8 Å². The van der Waals surface area contributed by atoms with Crippen molar-refractivity contribution < 1.29 is 24.6 Å². The number of piperidine rings is 1. The monoisotopic (exact) mass is 592 g/mol. The summed E-state index contributed by atoms with van der Waals surface area (Å²) >= 11 is 0. The summed E-state index contributed by atoms with van der Waals surface area (Å²) in [6, 6.07) is 11.3. The maximum atomic E-state index is 11.1. The molecule has 2 saturated heterocycles. The zero-order chi connectivity index (χ0) is 29.8. The zero-order valence-electron chi connectivity index (χ0n) is 24.3. The van der Waals surface area contributed by atoms with E-state index in [-0.39, 0.29) is 12.6 Å². The SMILES string of the molecule is CCc1cc([C@H]2O[C@@H](n3cnc4c(N[C@H](CO)Cc5ccccc5)nc(NCCN5CCCCC5)nc43)[C@H](O)[C@@H]2O)on1. The molecule has 0 amide bonds. The number of fused-ring (bicyclic) bond motifs is 1. The Hall–Kier alpha value is -3.62. The Bertz CT molecular complexity index is 1470. The van der Waals surface area contributed by atoms with E-state index < -0.39 is 24.5 Å². The predicted molar refractivity (Wildman–Crippen MR) is 160 cm³/mol. The fraction of sp³-hybridized carbons (Fsp3) is 0.533. The van der Waals surface area contributed by atoms with Gasteiger partial charge in [-0.3, -0.25) is 4.57 Å². The van der Waals surface area contributed by atoms with Crippen molar-refractivity contribution in [3.8, 4) is 0 Å². The van der Waals surface area contributed by atoms with Crippen molar-refractivity contribution in [2.24, 2.45) is 0 Å². The molecule has 0 spiro atoms. The summed E-state index contributed by atoms with van der Waals surface area (Å²) < 4.78 is 13.2. The first kappa shape index (κ1) is 29.5. The number of hydrogen-bond acceptors (Lipinski definition) is 12. The second kappa shape index (κ2) is 13.3. The van der Waals surface area contributed by atoms with E-state index in [1.807, 2.05) is 37.3 Å². The fourth-order valence-corrected chi connectivity index (χ4v) is 5.80. The highest BCUT2D eigenvalue weighted by atomic mass is 16.6. The highest BCUT2D eigenvalue weighted by Gasteiger charge is 2.47. The van der Waals surface area contributed by atoms with Gasteiger partial charge in [-0.05, 0) is 44.3 Å². The quantitative estimate of drug-likeness (QED) is 0.163. The molecule has 5 atom stereocenters. The molecule has 6 rings (SSSR count). The molecule has 2 aliphatic heterocycles. The lowest BCUT2D eigenvalue weighted by Crippen LogP contribution is -2.34. The van der Waals surface area contributed by atoms with Crippen LogP contribution in [-0.4, -0.2) is 95.9 Å². The minimum Gasteiger partial charge on any atom is -0.394 e.